The van der Waals surface area contributed by atoms with Gasteiger partial charge in [-0.05, 0) is 75.0 Å². The third-order valence-corrected chi connectivity index (χ3v) is 5.66. The van der Waals surface area contributed by atoms with Crippen molar-refractivity contribution in [1.82, 2.24) is 0 Å². The molecule has 0 amide bonds. The largest absolute Gasteiger partial charge is 0.508 e. The highest BCUT2D eigenvalue weighted by Gasteiger charge is 2.40. The number of rotatable bonds is 6. The van der Waals surface area contributed by atoms with E-state index in [0.717, 1.165) is 50.5 Å². The second kappa shape index (κ2) is 7.77. The number of unbranched alkanes of at least 4 members (excludes halogenated alkanes) is 2. The monoisotopic (exact) mass is 334 g/mol. The molecule has 2 rings (SSSR count). The van der Waals surface area contributed by atoms with Gasteiger partial charge in [-0.3, -0.25) is 0 Å². The van der Waals surface area contributed by atoms with Gasteiger partial charge in [-0.1, -0.05) is 33.1 Å². The van der Waals surface area contributed by atoms with Crippen LogP contribution in [0.4, 0.5) is 0 Å². The quantitative estimate of drug-likeness (QED) is 0.633. The maximum absolute atomic E-state index is 10.6. The fraction of sp³-hybridized carbons (Fsp3) is 0.714. The number of phenols is 2. The van der Waals surface area contributed by atoms with Crippen molar-refractivity contribution in [3.8, 4) is 11.5 Å². The van der Waals surface area contributed by atoms with E-state index < -0.39 is 5.60 Å². The fourth-order valence-corrected chi connectivity index (χ4v) is 4.33. The molecule has 24 heavy (non-hydrogen) atoms. The van der Waals surface area contributed by atoms with E-state index in [1.807, 2.05) is 26.0 Å². The van der Waals surface area contributed by atoms with Crippen LogP contribution < -0.4 is 0 Å². The van der Waals surface area contributed by atoms with Gasteiger partial charge in [-0.15, -0.1) is 0 Å². The number of phenolic OH excluding ortho intramolecular Hbond substituents is 2. The summed E-state index contributed by atoms with van der Waals surface area (Å²) in [6.45, 7) is 8.06. The van der Waals surface area contributed by atoms with Gasteiger partial charge < -0.3 is 15.3 Å². The zero-order chi connectivity index (χ0) is 17.9. The average Bonchev–Trinajstić information content (AvgIpc) is 2.45. The van der Waals surface area contributed by atoms with Crippen LogP contribution in [0.1, 0.15) is 83.3 Å². The van der Waals surface area contributed by atoms with Crippen LogP contribution in [0.15, 0.2) is 12.1 Å². The van der Waals surface area contributed by atoms with Crippen molar-refractivity contribution in [2.45, 2.75) is 84.2 Å². The van der Waals surface area contributed by atoms with Crippen LogP contribution in [0.3, 0.4) is 0 Å². The standard InChI is InChI=1S/C21H34O3/c1-5-6-7-8-15-12-18(22)20(19(23)13-15)16-11-14(2)9-10-17(16)21(3,4)24/h12-14,16-17,22-24H,5-11H2,1-4H3. The second-order valence-corrected chi connectivity index (χ2v) is 8.29. The molecule has 0 spiro atoms. The zero-order valence-electron chi connectivity index (χ0n) is 15.7. The molecule has 0 bridgehead atoms. The van der Waals surface area contributed by atoms with Gasteiger partial charge >= 0.3 is 0 Å². The Labute approximate surface area is 146 Å². The lowest BCUT2D eigenvalue weighted by molar-refractivity contribution is -0.0168. The molecule has 0 aromatic heterocycles. The van der Waals surface area contributed by atoms with Crippen molar-refractivity contribution in [2.24, 2.45) is 11.8 Å². The maximum atomic E-state index is 10.6. The molecule has 0 aliphatic heterocycles. The highest BCUT2D eigenvalue weighted by Crippen LogP contribution is 2.50. The Bertz CT molecular complexity index is 522. The average molecular weight is 334 g/mol. The summed E-state index contributed by atoms with van der Waals surface area (Å²) in [5.41, 5.74) is 0.808. The minimum atomic E-state index is -0.816. The third kappa shape index (κ3) is 4.44. The Hall–Kier alpha value is -1.22. The van der Waals surface area contributed by atoms with Gasteiger partial charge in [0.15, 0.2) is 0 Å². The van der Waals surface area contributed by atoms with Gasteiger partial charge in [-0.2, -0.15) is 0 Å². The van der Waals surface area contributed by atoms with Gasteiger partial charge in [0.25, 0.3) is 0 Å². The maximum Gasteiger partial charge on any atom is 0.123 e. The minimum Gasteiger partial charge on any atom is -0.508 e. The van der Waals surface area contributed by atoms with E-state index in [9.17, 15) is 15.3 Å². The summed E-state index contributed by atoms with van der Waals surface area (Å²) in [6.07, 6.45) is 7.17. The molecule has 0 saturated heterocycles. The predicted molar refractivity (Wildman–Crippen MR) is 98.5 cm³/mol. The van der Waals surface area contributed by atoms with E-state index in [-0.39, 0.29) is 23.3 Å². The van der Waals surface area contributed by atoms with Crippen LogP contribution in [0, 0.1) is 11.8 Å². The Morgan fingerprint density at radius 3 is 2.25 bits per heavy atom. The molecular weight excluding hydrogens is 300 g/mol. The molecule has 3 unspecified atom stereocenters. The molecule has 1 aromatic carbocycles. The van der Waals surface area contributed by atoms with Crippen LogP contribution in [0.25, 0.3) is 0 Å². The number of aliphatic hydroxyl groups is 1. The van der Waals surface area contributed by atoms with E-state index in [1.165, 1.54) is 0 Å². The Morgan fingerprint density at radius 2 is 1.71 bits per heavy atom. The molecule has 3 atom stereocenters. The predicted octanol–water partition coefficient (Wildman–Crippen LogP) is 5.12. The van der Waals surface area contributed by atoms with Crippen LogP contribution >= 0.6 is 0 Å². The van der Waals surface area contributed by atoms with Gasteiger partial charge in [0.1, 0.15) is 11.5 Å². The molecular formula is C21H34O3. The van der Waals surface area contributed by atoms with Crippen molar-refractivity contribution in [3.63, 3.8) is 0 Å². The smallest absolute Gasteiger partial charge is 0.123 e. The molecule has 0 heterocycles. The first-order chi connectivity index (χ1) is 11.2. The molecule has 1 saturated carbocycles. The molecule has 3 nitrogen and oxygen atoms in total. The molecule has 1 aromatic rings. The lowest BCUT2D eigenvalue weighted by atomic mass is 9.65. The molecule has 0 radical (unpaired) electrons. The van der Waals surface area contributed by atoms with Gasteiger partial charge in [0, 0.05) is 5.56 Å². The molecule has 136 valence electrons. The van der Waals surface area contributed by atoms with Crippen LogP contribution in [0.2, 0.25) is 0 Å². The minimum absolute atomic E-state index is 0.00144. The van der Waals surface area contributed by atoms with Crippen molar-refractivity contribution in [1.29, 1.82) is 0 Å². The summed E-state index contributed by atoms with van der Waals surface area (Å²) < 4.78 is 0. The Morgan fingerprint density at radius 1 is 1.08 bits per heavy atom. The normalized spacial score (nSPS) is 25.0. The fourth-order valence-electron chi connectivity index (χ4n) is 4.33. The number of aromatic hydroxyl groups is 2. The van der Waals surface area contributed by atoms with Crippen LogP contribution in [-0.2, 0) is 6.42 Å². The van der Waals surface area contributed by atoms with E-state index >= 15 is 0 Å². The van der Waals surface area contributed by atoms with Gasteiger partial charge in [0.05, 0.1) is 5.60 Å². The van der Waals surface area contributed by atoms with E-state index in [2.05, 4.69) is 13.8 Å². The summed E-state index contributed by atoms with van der Waals surface area (Å²) in [7, 11) is 0. The summed E-state index contributed by atoms with van der Waals surface area (Å²) in [5, 5.41) is 31.8. The van der Waals surface area contributed by atoms with Crippen LogP contribution in [0.5, 0.6) is 11.5 Å². The lowest BCUT2D eigenvalue weighted by Gasteiger charge is -2.42. The molecule has 3 N–H and O–H groups in total. The van der Waals surface area contributed by atoms with E-state index in [4.69, 9.17) is 0 Å². The molecule has 1 fully saturated rings. The number of aryl methyl sites for hydroxylation is 1. The first-order valence-electron chi connectivity index (χ1n) is 9.51. The topological polar surface area (TPSA) is 60.7 Å². The Balaban J connectivity index is 2.31. The SMILES string of the molecule is CCCCCc1cc(O)c(C2CC(C)CCC2C(C)(C)O)c(O)c1. The third-order valence-electron chi connectivity index (χ3n) is 5.66. The highest BCUT2D eigenvalue weighted by atomic mass is 16.3. The number of hydrogen-bond acceptors (Lipinski definition) is 3. The van der Waals surface area contributed by atoms with Crippen LogP contribution in [-0.4, -0.2) is 20.9 Å². The summed E-state index contributed by atoms with van der Waals surface area (Å²) in [4.78, 5) is 0. The number of benzene rings is 1. The molecule has 1 aliphatic rings. The highest BCUT2D eigenvalue weighted by molar-refractivity contribution is 5.49. The van der Waals surface area contributed by atoms with E-state index in [1.54, 1.807) is 0 Å². The molecule has 3 heteroatoms. The first kappa shape index (κ1) is 19.1. The summed E-state index contributed by atoms with van der Waals surface area (Å²) in [6, 6.07) is 3.62. The van der Waals surface area contributed by atoms with E-state index in [0.29, 0.717) is 11.5 Å². The Kier molecular flexibility index (Phi) is 6.19. The first-order valence-corrected chi connectivity index (χ1v) is 9.51. The zero-order valence-corrected chi connectivity index (χ0v) is 15.7. The van der Waals surface area contributed by atoms with Crippen molar-refractivity contribution in [3.05, 3.63) is 23.3 Å². The lowest BCUT2D eigenvalue weighted by Crippen LogP contribution is -2.38. The summed E-state index contributed by atoms with van der Waals surface area (Å²) >= 11 is 0. The second-order valence-electron chi connectivity index (χ2n) is 8.29. The van der Waals surface area contributed by atoms with Gasteiger partial charge in [0.2, 0.25) is 0 Å². The van der Waals surface area contributed by atoms with Crippen molar-refractivity contribution < 1.29 is 15.3 Å². The number of hydrogen-bond donors (Lipinski definition) is 3. The van der Waals surface area contributed by atoms with Crippen molar-refractivity contribution >= 4 is 0 Å². The molecule has 1 aliphatic carbocycles. The van der Waals surface area contributed by atoms with Crippen molar-refractivity contribution in [2.75, 3.05) is 0 Å². The van der Waals surface area contributed by atoms with Gasteiger partial charge in [-0.25, -0.2) is 0 Å². The summed E-state index contributed by atoms with van der Waals surface area (Å²) in [5.74, 6) is 0.969.